The Morgan fingerprint density at radius 2 is 2.11 bits per heavy atom. The second kappa shape index (κ2) is 5.29. The van der Waals surface area contributed by atoms with Crippen LogP contribution in [0.25, 0.3) is 0 Å². The Hall–Kier alpha value is -1.06. The summed E-state index contributed by atoms with van der Waals surface area (Å²) in [5.74, 6) is 0. The summed E-state index contributed by atoms with van der Waals surface area (Å²) >= 11 is 0. The van der Waals surface area contributed by atoms with Crippen LogP contribution in [-0.4, -0.2) is 30.4 Å². The molecule has 18 heavy (non-hydrogen) atoms. The summed E-state index contributed by atoms with van der Waals surface area (Å²) in [7, 11) is 0. The van der Waals surface area contributed by atoms with Crippen molar-refractivity contribution in [3.8, 4) is 0 Å². The normalized spacial score (nSPS) is 20.8. The van der Waals surface area contributed by atoms with Gasteiger partial charge in [-0.3, -0.25) is 0 Å². The van der Waals surface area contributed by atoms with Crippen molar-refractivity contribution >= 4 is 5.69 Å². The van der Waals surface area contributed by atoms with Crippen molar-refractivity contribution in [2.24, 2.45) is 0 Å². The Morgan fingerprint density at radius 1 is 1.39 bits per heavy atom. The molecule has 1 aromatic rings. The Balaban J connectivity index is 2.27. The third-order valence-corrected chi connectivity index (χ3v) is 3.45. The highest BCUT2D eigenvalue weighted by Crippen LogP contribution is 2.30. The van der Waals surface area contributed by atoms with Gasteiger partial charge in [-0.1, -0.05) is 25.1 Å². The Kier molecular flexibility index (Phi) is 3.93. The molecule has 2 rings (SSSR count). The fourth-order valence-corrected chi connectivity index (χ4v) is 2.50. The Bertz CT molecular complexity index is 403. The second-order valence-corrected chi connectivity index (χ2v) is 5.51. The first kappa shape index (κ1) is 13.4. The molecule has 0 unspecified atom stereocenters. The summed E-state index contributed by atoms with van der Waals surface area (Å²) in [4.78, 5) is 2.32. The average Bonchev–Trinajstić information content (AvgIpc) is 2.36. The average molecular weight is 249 g/mol. The lowest BCUT2D eigenvalue weighted by Gasteiger charge is -2.40. The summed E-state index contributed by atoms with van der Waals surface area (Å²) in [6.07, 6.45) is 0.359. The summed E-state index contributed by atoms with van der Waals surface area (Å²) in [6, 6.07) is 8.13. The number of anilines is 1. The molecule has 1 aromatic carbocycles. The molecule has 1 N–H and O–H groups in total. The lowest BCUT2D eigenvalue weighted by molar-refractivity contribution is -0.0278. The zero-order chi connectivity index (χ0) is 13.2. The smallest absolute Gasteiger partial charge is 0.0807 e. The number of aliphatic hydroxyl groups is 1. The van der Waals surface area contributed by atoms with E-state index in [9.17, 15) is 5.11 Å². The quantitative estimate of drug-likeness (QED) is 0.894. The van der Waals surface area contributed by atoms with Crippen LogP contribution in [0.4, 0.5) is 5.69 Å². The standard InChI is InChI=1S/C15H23NO2/c1-4-14(17)12-7-5-6-8-13(12)16-9-10-18-15(2,3)11-16/h5-8,14,17H,4,9-11H2,1-3H3/t14-/m0/s1. The van der Waals surface area contributed by atoms with Gasteiger partial charge in [-0.05, 0) is 26.3 Å². The summed E-state index contributed by atoms with van der Waals surface area (Å²) in [5, 5.41) is 10.1. The highest BCUT2D eigenvalue weighted by molar-refractivity contribution is 5.55. The van der Waals surface area contributed by atoms with Gasteiger partial charge in [0, 0.05) is 24.3 Å². The van der Waals surface area contributed by atoms with Gasteiger partial charge in [-0.15, -0.1) is 0 Å². The maximum atomic E-state index is 10.1. The zero-order valence-electron chi connectivity index (χ0n) is 11.5. The molecule has 0 amide bonds. The topological polar surface area (TPSA) is 32.7 Å². The molecule has 0 spiro atoms. The van der Waals surface area contributed by atoms with Gasteiger partial charge in [-0.25, -0.2) is 0 Å². The predicted octanol–water partition coefficient (Wildman–Crippen LogP) is 2.75. The van der Waals surface area contributed by atoms with E-state index in [1.54, 1.807) is 0 Å². The molecule has 3 heteroatoms. The van der Waals surface area contributed by atoms with Crippen LogP contribution in [0, 0.1) is 0 Å². The van der Waals surface area contributed by atoms with Crippen molar-refractivity contribution in [2.75, 3.05) is 24.6 Å². The van der Waals surface area contributed by atoms with Crippen LogP contribution in [-0.2, 0) is 4.74 Å². The van der Waals surface area contributed by atoms with Gasteiger partial charge < -0.3 is 14.7 Å². The largest absolute Gasteiger partial charge is 0.388 e. The lowest BCUT2D eigenvalue weighted by Crippen LogP contribution is -2.48. The molecular weight excluding hydrogens is 226 g/mol. The minimum Gasteiger partial charge on any atom is -0.388 e. The third-order valence-electron chi connectivity index (χ3n) is 3.45. The van der Waals surface area contributed by atoms with Crippen LogP contribution in [0.2, 0.25) is 0 Å². The number of para-hydroxylation sites is 1. The number of nitrogens with zero attached hydrogens (tertiary/aromatic N) is 1. The van der Waals surface area contributed by atoms with Gasteiger partial charge >= 0.3 is 0 Å². The third kappa shape index (κ3) is 2.85. The summed E-state index contributed by atoms with van der Waals surface area (Å²) < 4.78 is 5.74. The fraction of sp³-hybridized carbons (Fsp3) is 0.600. The highest BCUT2D eigenvalue weighted by atomic mass is 16.5. The van der Waals surface area contributed by atoms with Gasteiger partial charge in [0.2, 0.25) is 0 Å². The van der Waals surface area contributed by atoms with Crippen molar-refractivity contribution in [1.29, 1.82) is 0 Å². The number of hydrogen-bond acceptors (Lipinski definition) is 3. The van der Waals surface area contributed by atoms with Crippen LogP contribution in [0.15, 0.2) is 24.3 Å². The predicted molar refractivity (Wildman–Crippen MR) is 73.9 cm³/mol. The minimum absolute atomic E-state index is 0.122. The van der Waals surface area contributed by atoms with E-state index in [0.717, 1.165) is 37.4 Å². The zero-order valence-corrected chi connectivity index (χ0v) is 11.5. The second-order valence-electron chi connectivity index (χ2n) is 5.51. The maximum Gasteiger partial charge on any atom is 0.0807 e. The van der Waals surface area contributed by atoms with E-state index in [2.05, 4.69) is 24.8 Å². The summed E-state index contributed by atoms with van der Waals surface area (Å²) in [6.45, 7) is 8.71. The van der Waals surface area contributed by atoms with Crippen LogP contribution in [0.5, 0.6) is 0 Å². The van der Waals surface area contributed by atoms with E-state index < -0.39 is 0 Å². The number of rotatable bonds is 3. The molecule has 1 saturated heterocycles. The molecule has 0 saturated carbocycles. The molecule has 1 atom stereocenters. The van der Waals surface area contributed by atoms with Crippen molar-refractivity contribution in [1.82, 2.24) is 0 Å². The van der Waals surface area contributed by atoms with Gasteiger partial charge in [0.1, 0.15) is 0 Å². The lowest BCUT2D eigenvalue weighted by atomic mass is 10.0. The SMILES string of the molecule is CC[C@H](O)c1ccccc1N1CCOC(C)(C)C1. The molecule has 1 heterocycles. The van der Waals surface area contributed by atoms with Crippen molar-refractivity contribution in [3.63, 3.8) is 0 Å². The Labute approximate surface area is 109 Å². The summed E-state index contributed by atoms with van der Waals surface area (Å²) in [5.41, 5.74) is 2.05. The van der Waals surface area contributed by atoms with Crippen molar-refractivity contribution in [3.05, 3.63) is 29.8 Å². The van der Waals surface area contributed by atoms with E-state index in [-0.39, 0.29) is 11.7 Å². The number of benzene rings is 1. The number of hydrogen-bond donors (Lipinski definition) is 1. The van der Waals surface area contributed by atoms with Gasteiger partial charge in [0.15, 0.2) is 0 Å². The molecule has 0 aromatic heterocycles. The number of ether oxygens (including phenoxy) is 1. The minimum atomic E-state index is -0.382. The van der Waals surface area contributed by atoms with Crippen LogP contribution < -0.4 is 4.90 Å². The molecular formula is C15H23NO2. The van der Waals surface area contributed by atoms with Crippen molar-refractivity contribution < 1.29 is 9.84 Å². The van der Waals surface area contributed by atoms with Crippen LogP contribution in [0.1, 0.15) is 38.9 Å². The van der Waals surface area contributed by atoms with Crippen LogP contribution in [0.3, 0.4) is 0 Å². The first-order valence-electron chi connectivity index (χ1n) is 6.69. The van der Waals surface area contributed by atoms with Gasteiger partial charge in [0.25, 0.3) is 0 Å². The molecule has 0 radical (unpaired) electrons. The van der Waals surface area contributed by atoms with Crippen molar-refractivity contribution in [2.45, 2.75) is 38.9 Å². The van der Waals surface area contributed by atoms with Gasteiger partial charge in [-0.2, -0.15) is 0 Å². The molecule has 0 aliphatic carbocycles. The molecule has 3 nitrogen and oxygen atoms in total. The highest BCUT2D eigenvalue weighted by Gasteiger charge is 2.28. The first-order valence-corrected chi connectivity index (χ1v) is 6.69. The molecule has 1 fully saturated rings. The Morgan fingerprint density at radius 3 is 2.78 bits per heavy atom. The molecule has 100 valence electrons. The number of morpholine rings is 1. The van der Waals surface area contributed by atoms with E-state index in [1.165, 1.54) is 0 Å². The van der Waals surface area contributed by atoms with E-state index in [1.807, 2.05) is 25.1 Å². The fourth-order valence-electron chi connectivity index (χ4n) is 2.50. The van der Waals surface area contributed by atoms with E-state index >= 15 is 0 Å². The number of aliphatic hydroxyl groups excluding tert-OH is 1. The van der Waals surface area contributed by atoms with E-state index in [4.69, 9.17) is 4.74 Å². The van der Waals surface area contributed by atoms with E-state index in [0.29, 0.717) is 0 Å². The van der Waals surface area contributed by atoms with Crippen LogP contribution >= 0.6 is 0 Å². The first-order chi connectivity index (χ1) is 8.53. The molecule has 1 aliphatic rings. The van der Waals surface area contributed by atoms with Gasteiger partial charge in [0.05, 0.1) is 18.3 Å². The maximum absolute atomic E-state index is 10.1. The molecule has 1 aliphatic heterocycles. The molecule has 0 bridgehead atoms. The monoisotopic (exact) mass is 249 g/mol.